The summed E-state index contributed by atoms with van der Waals surface area (Å²) < 4.78 is 4.32. The average molecular weight is 257 g/mol. The van der Waals surface area contributed by atoms with Gasteiger partial charge in [-0.2, -0.15) is 4.37 Å². The summed E-state index contributed by atoms with van der Waals surface area (Å²) in [6.45, 7) is 9.39. The van der Waals surface area contributed by atoms with Gasteiger partial charge in [-0.05, 0) is 6.92 Å². The largest absolute Gasteiger partial charge is 0.481 e. The molecule has 17 heavy (non-hydrogen) atoms. The van der Waals surface area contributed by atoms with Gasteiger partial charge < -0.3 is 10.0 Å². The van der Waals surface area contributed by atoms with E-state index in [0.717, 1.165) is 17.5 Å². The minimum Gasteiger partial charge on any atom is -0.481 e. The third-order valence-corrected chi connectivity index (χ3v) is 3.11. The fourth-order valence-corrected chi connectivity index (χ4v) is 2.21. The molecule has 0 aliphatic heterocycles. The maximum absolute atomic E-state index is 10.6. The lowest BCUT2D eigenvalue weighted by molar-refractivity contribution is -0.136. The minimum absolute atomic E-state index is 0.0685. The normalized spacial score (nSPS) is 11.5. The van der Waals surface area contributed by atoms with E-state index in [9.17, 15) is 4.79 Å². The van der Waals surface area contributed by atoms with Crippen LogP contribution in [0.2, 0.25) is 0 Å². The topological polar surface area (TPSA) is 66.3 Å². The Kier molecular flexibility index (Phi) is 4.45. The molecule has 96 valence electrons. The predicted octanol–water partition coefficient (Wildman–Crippen LogP) is 2.14. The molecule has 1 N–H and O–H groups in total. The molecule has 0 unspecified atom stereocenters. The molecule has 0 aromatic carbocycles. The van der Waals surface area contributed by atoms with Crippen molar-refractivity contribution in [2.24, 2.45) is 0 Å². The smallest absolute Gasteiger partial charge is 0.305 e. The van der Waals surface area contributed by atoms with Gasteiger partial charge in [0, 0.05) is 30.0 Å². The highest BCUT2D eigenvalue weighted by Crippen LogP contribution is 2.25. The van der Waals surface area contributed by atoms with Crippen LogP contribution < -0.4 is 4.90 Å². The number of aromatic nitrogens is 2. The van der Waals surface area contributed by atoms with Gasteiger partial charge in [0.15, 0.2) is 0 Å². The van der Waals surface area contributed by atoms with Crippen molar-refractivity contribution in [1.82, 2.24) is 9.36 Å². The number of hydrogen-bond acceptors (Lipinski definition) is 5. The molecular weight excluding hydrogens is 238 g/mol. The lowest BCUT2D eigenvalue weighted by Gasteiger charge is -2.18. The van der Waals surface area contributed by atoms with Crippen molar-refractivity contribution in [3.8, 4) is 0 Å². The lowest BCUT2D eigenvalue weighted by Crippen LogP contribution is -2.26. The molecule has 1 heterocycles. The van der Waals surface area contributed by atoms with Gasteiger partial charge in [0.05, 0.1) is 6.42 Å². The second kappa shape index (κ2) is 5.44. The summed E-state index contributed by atoms with van der Waals surface area (Å²) in [5.41, 5.74) is -0.0685. The van der Waals surface area contributed by atoms with E-state index < -0.39 is 5.97 Å². The van der Waals surface area contributed by atoms with E-state index in [4.69, 9.17) is 5.11 Å². The summed E-state index contributed by atoms with van der Waals surface area (Å²) in [6.07, 6.45) is 0.123. The zero-order chi connectivity index (χ0) is 13.1. The molecule has 1 rings (SSSR count). The summed E-state index contributed by atoms with van der Waals surface area (Å²) >= 11 is 1.33. The molecule has 6 heteroatoms. The van der Waals surface area contributed by atoms with E-state index in [2.05, 4.69) is 30.1 Å². The van der Waals surface area contributed by atoms with E-state index in [-0.39, 0.29) is 11.8 Å². The van der Waals surface area contributed by atoms with Crippen molar-refractivity contribution in [2.75, 3.05) is 18.0 Å². The molecule has 1 aromatic rings. The number of anilines is 1. The minimum atomic E-state index is -0.788. The molecule has 0 spiro atoms. The summed E-state index contributed by atoms with van der Waals surface area (Å²) in [6, 6.07) is 0. The molecule has 0 saturated heterocycles. The third-order valence-electron chi connectivity index (χ3n) is 2.33. The van der Waals surface area contributed by atoms with E-state index in [1.54, 1.807) is 0 Å². The van der Waals surface area contributed by atoms with Gasteiger partial charge in [0.25, 0.3) is 0 Å². The van der Waals surface area contributed by atoms with Crippen molar-refractivity contribution in [2.45, 2.75) is 39.5 Å². The Bertz CT molecular complexity index is 384. The van der Waals surface area contributed by atoms with Crippen LogP contribution >= 0.6 is 11.5 Å². The monoisotopic (exact) mass is 257 g/mol. The van der Waals surface area contributed by atoms with Gasteiger partial charge in [-0.25, -0.2) is 4.98 Å². The quantitative estimate of drug-likeness (QED) is 0.875. The molecule has 0 saturated carbocycles. The first-order valence-corrected chi connectivity index (χ1v) is 6.43. The van der Waals surface area contributed by atoms with Crippen LogP contribution in [-0.2, 0) is 10.2 Å². The average Bonchev–Trinajstić information content (AvgIpc) is 2.67. The van der Waals surface area contributed by atoms with Gasteiger partial charge in [0.1, 0.15) is 5.82 Å². The fourth-order valence-electron chi connectivity index (χ4n) is 1.27. The molecule has 1 aromatic heterocycles. The van der Waals surface area contributed by atoms with Crippen LogP contribution in [0.15, 0.2) is 0 Å². The van der Waals surface area contributed by atoms with Crippen molar-refractivity contribution in [3.05, 3.63) is 5.82 Å². The second-order valence-electron chi connectivity index (χ2n) is 4.87. The van der Waals surface area contributed by atoms with E-state index >= 15 is 0 Å². The van der Waals surface area contributed by atoms with Crippen LogP contribution in [0.5, 0.6) is 0 Å². The SMILES string of the molecule is CCN(CCC(=O)O)c1nc(C(C)(C)C)ns1. The Morgan fingerprint density at radius 2 is 2.12 bits per heavy atom. The van der Waals surface area contributed by atoms with Gasteiger partial charge in [0.2, 0.25) is 5.13 Å². The first-order valence-electron chi connectivity index (χ1n) is 5.65. The molecule has 0 aliphatic rings. The van der Waals surface area contributed by atoms with Crippen LogP contribution in [-0.4, -0.2) is 33.5 Å². The van der Waals surface area contributed by atoms with Crippen molar-refractivity contribution >= 4 is 22.6 Å². The maximum Gasteiger partial charge on any atom is 0.305 e. The lowest BCUT2D eigenvalue weighted by atomic mass is 9.96. The van der Waals surface area contributed by atoms with Crippen LogP contribution in [0, 0.1) is 0 Å². The Morgan fingerprint density at radius 3 is 2.53 bits per heavy atom. The van der Waals surface area contributed by atoms with Gasteiger partial charge in [-0.15, -0.1) is 0 Å². The second-order valence-corrected chi connectivity index (χ2v) is 5.60. The standard InChI is InChI=1S/C11H19N3O2S/c1-5-14(7-6-8(15)16)10-12-9(13-17-10)11(2,3)4/h5-7H2,1-4H3,(H,15,16). The highest BCUT2D eigenvalue weighted by Gasteiger charge is 2.21. The number of carbonyl (C=O) groups is 1. The molecule has 0 bridgehead atoms. The van der Waals surface area contributed by atoms with Gasteiger partial charge in [-0.3, -0.25) is 4.79 Å². The summed E-state index contributed by atoms with van der Waals surface area (Å²) in [7, 11) is 0. The molecule has 0 aliphatic carbocycles. The Balaban J connectivity index is 2.76. The highest BCUT2D eigenvalue weighted by atomic mass is 32.1. The van der Waals surface area contributed by atoms with E-state index in [0.29, 0.717) is 6.54 Å². The predicted molar refractivity (Wildman–Crippen MR) is 68.7 cm³/mol. The van der Waals surface area contributed by atoms with Crippen molar-refractivity contribution < 1.29 is 9.90 Å². The van der Waals surface area contributed by atoms with Crippen LogP contribution in [0.3, 0.4) is 0 Å². The zero-order valence-corrected chi connectivity index (χ0v) is 11.5. The number of hydrogen-bond donors (Lipinski definition) is 1. The summed E-state index contributed by atoms with van der Waals surface area (Å²) in [5, 5.41) is 9.48. The Hall–Kier alpha value is -1.17. The maximum atomic E-state index is 10.6. The van der Waals surface area contributed by atoms with Crippen LogP contribution in [0.1, 0.15) is 39.9 Å². The van der Waals surface area contributed by atoms with Crippen molar-refractivity contribution in [3.63, 3.8) is 0 Å². The van der Waals surface area contributed by atoms with Crippen LogP contribution in [0.25, 0.3) is 0 Å². The molecule has 0 amide bonds. The Morgan fingerprint density at radius 1 is 1.47 bits per heavy atom. The molecule has 0 fully saturated rings. The highest BCUT2D eigenvalue weighted by molar-refractivity contribution is 7.09. The van der Waals surface area contributed by atoms with E-state index in [1.807, 2.05) is 11.8 Å². The first kappa shape index (κ1) is 13.9. The zero-order valence-electron chi connectivity index (χ0n) is 10.7. The first-order chi connectivity index (χ1) is 7.84. The molecule has 0 atom stereocenters. The molecule has 5 nitrogen and oxygen atoms in total. The van der Waals surface area contributed by atoms with Gasteiger partial charge >= 0.3 is 5.97 Å². The Labute approximate surface area is 106 Å². The fraction of sp³-hybridized carbons (Fsp3) is 0.727. The number of nitrogens with zero attached hydrogens (tertiary/aromatic N) is 3. The van der Waals surface area contributed by atoms with Gasteiger partial charge in [-0.1, -0.05) is 20.8 Å². The van der Waals surface area contributed by atoms with Crippen molar-refractivity contribution in [1.29, 1.82) is 0 Å². The summed E-state index contributed by atoms with van der Waals surface area (Å²) in [4.78, 5) is 17.0. The molecular formula is C11H19N3O2S. The summed E-state index contributed by atoms with van der Waals surface area (Å²) in [5.74, 6) is 0.0234. The van der Waals surface area contributed by atoms with Crippen LogP contribution in [0.4, 0.5) is 5.13 Å². The molecule has 0 radical (unpaired) electrons. The number of aliphatic carboxylic acids is 1. The third kappa shape index (κ3) is 3.96. The number of carboxylic acid groups (broad SMARTS) is 1. The number of rotatable bonds is 5. The number of carboxylic acids is 1. The van der Waals surface area contributed by atoms with E-state index in [1.165, 1.54) is 11.5 Å².